The van der Waals surface area contributed by atoms with Crippen molar-refractivity contribution in [2.45, 2.75) is 65.6 Å². The maximum Gasteiger partial charge on any atom is 0.288 e. The maximum atomic E-state index is 14.2. The lowest BCUT2D eigenvalue weighted by molar-refractivity contribution is 0.103. The molecule has 0 spiro atoms. The van der Waals surface area contributed by atoms with Crippen LogP contribution in [0.5, 0.6) is 0 Å². The molecule has 2 aliphatic heterocycles. The van der Waals surface area contributed by atoms with Crippen LogP contribution in [0, 0.1) is 11.3 Å². The third-order valence-electron chi connectivity index (χ3n) is 6.11. The number of rotatable bonds is 5. The zero-order chi connectivity index (χ0) is 18.8. The first kappa shape index (κ1) is 20.1. The van der Waals surface area contributed by atoms with Crippen molar-refractivity contribution < 1.29 is 13.5 Å². The van der Waals surface area contributed by atoms with E-state index in [-0.39, 0.29) is 22.7 Å². The molecule has 144 valence electrons. The van der Waals surface area contributed by atoms with Crippen LogP contribution in [-0.4, -0.2) is 49.4 Å². The number of hydrogen-bond donors (Lipinski definition) is 1. The monoisotopic (exact) mass is 357 g/mol. The molecule has 6 heteroatoms. The van der Waals surface area contributed by atoms with E-state index in [1.807, 2.05) is 13.8 Å². The summed E-state index contributed by atoms with van der Waals surface area (Å²) in [6, 6.07) is 0.296. The molecule has 0 unspecified atom stereocenters. The van der Waals surface area contributed by atoms with E-state index in [0.717, 1.165) is 19.4 Å². The van der Waals surface area contributed by atoms with Crippen LogP contribution in [0.2, 0.25) is 0 Å². The summed E-state index contributed by atoms with van der Waals surface area (Å²) in [5, 5.41) is 3.06. The summed E-state index contributed by atoms with van der Waals surface area (Å²) in [5.41, 5.74) is -0.134. The van der Waals surface area contributed by atoms with Gasteiger partial charge in [-0.3, -0.25) is 4.90 Å². The molecular formula is C19H33F2N3O. The fourth-order valence-electron chi connectivity index (χ4n) is 3.89. The van der Waals surface area contributed by atoms with E-state index < -0.39 is 6.17 Å². The molecule has 0 aromatic heterocycles. The number of amidine groups is 1. The predicted octanol–water partition coefficient (Wildman–Crippen LogP) is 4.04. The number of nitrogens with zero attached hydrogens (tertiary/aromatic N) is 2. The van der Waals surface area contributed by atoms with Crippen LogP contribution in [0.25, 0.3) is 0 Å². The van der Waals surface area contributed by atoms with Crippen molar-refractivity contribution >= 4 is 6.02 Å². The minimum Gasteiger partial charge on any atom is -0.463 e. The SMILES string of the molecule is CN=C(N/C(=C(/C)F)C(C)(C)C(C)C)OC[C@@]12CCCN1C[C@H](F)C2. The summed E-state index contributed by atoms with van der Waals surface area (Å²) >= 11 is 0. The van der Waals surface area contributed by atoms with Crippen LogP contribution >= 0.6 is 0 Å². The number of aliphatic imine (C=N–C) groups is 1. The Hall–Kier alpha value is -1.17. The van der Waals surface area contributed by atoms with E-state index in [1.165, 1.54) is 6.92 Å². The fraction of sp³-hybridized carbons (Fsp3) is 0.842. The molecule has 2 aliphatic rings. The Labute approximate surface area is 150 Å². The number of ether oxygens (including phenoxy) is 1. The van der Waals surface area contributed by atoms with Crippen LogP contribution < -0.4 is 5.32 Å². The van der Waals surface area contributed by atoms with Crippen molar-refractivity contribution in [1.29, 1.82) is 0 Å². The van der Waals surface area contributed by atoms with Crippen LogP contribution in [0.15, 0.2) is 16.5 Å². The highest BCUT2D eigenvalue weighted by Crippen LogP contribution is 2.40. The second-order valence-corrected chi connectivity index (χ2v) is 8.30. The topological polar surface area (TPSA) is 36.9 Å². The molecule has 0 saturated carbocycles. The quantitative estimate of drug-likeness (QED) is 0.596. The number of nitrogens with one attached hydrogen (secondary N) is 1. The van der Waals surface area contributed by atoms with Gasteiger partial charge < -0.3 is 10.1 Å². The Morgan fingerprint density at radius 1 is 1.44 bits per heavy atom. The van der Waals surface area contributed by atoms with Gasteiger partial charge in [-0.1, -0.05) is 27.7 Å². The predicted molar refractivity (Wildman–Crippen MR) is 97.9 cm³/mol. The van der Waals surface area contributed by atoms with E-state index in [2.05, 4.69) is 29.1 Å². The summed E-state index contributed by atoms with van der Waals surface area (Å²) in [6.07, 6.45) is 1.72. The number of allylic oxidation sites excluding steroid dienone is 2. The molecule has 0 amide bonds. The van der Waals surface area contributed by atoms with Gasteiger partial charge in [-0.25, -0.2) is 13.8 Å². The van der Waals surface area contributed by atoms with Gasteiger partial charge in [0.25, 0.3) is 6.02 Å². The third kappa shape index (κ3) is 4.15. The maximum absolute atomic E-state index is 14.2. The van der Waals surface area contributed by atoms with E-state index in [0.29, 0.717) is 31.3 Å². The summed E-state index contributed by atoms with van der Waals surface area (Å²) in [7, 11) is 1.62. The number of halogens is 2. The van der Waals surface area contributed by atoms with Crippen molar-refractivity contribution in [2.24, 2.45) is 16.3 Å². The zero-order valence-electron chi connectivity index (χ0n) is 16.5. The highest BCUT2D eigenvalue weighted by Gasteiger charge is 2.49. The molecule has 2 heterocycles. The standard InChI is InChI=1S/C19H33F2N3O/c1-13(2)18(4,5)16(14(3)20)23-17(22-6)25-12-19-8-7-9-24(19)11-15(21)10-19/h13,15H,7-12H2,1-6H3,(H,22,23)/b16-14-/t15-,19+/m1/s1. The minimum absolute atomic E-state index is 0.237. The van der Waals surface area contributed by atoms with Gasteiger partial charge in [-0.05, 0) is 32.2 Å². The van der Waals surface area contributed by atoms with E-state index in [4.69, 9.17) is 4.74 Å². The summed E-state index contributed by atoms with van der Waals surface area (Å²) in [4.78, 5) is 6.34. The van der Waals surface area contributed by atoms with Gasteiger partial charge in [0.15, 0.2) is 0 Å². The van der Waals surface area contributed by atoms with Crippen molar-refractivity contribution in [3.8, 4) is 0 Å². The minimum atomic E-state index is -0.790. The first-order valence-electron chi connectivity index (χ1n) is 9.25. The van der Waals surface area contributed by atoms with Gasteiger partial charge in [0.05, 0.1) is 11.2 Å². The highest BCUT2D eigenvalue weighted by atomic mass is 19.1. The molecule has 1 N–H and O–H groups in total. The highest BCUT2D eigenvalue weighted by molar-refractivity contribution is 5.75. The van der Waals surface area contributed by atoms with Crippen molar-refractivity contribution in [3.63, 3.8) is 0 Å². The fourth-order valence-corrected chi connectivity index (χ4v) is 3.89. The van der Waals surface area contributed by atoms with Gasteiger partial charge in [-0.15, -0.1) is 0 Å². The Morgan fingerprint density at radius 3 is 2.68 bits per heavy atom. The lowest BCUT2D eigenvalue weighted by Gasteiger charge is -2.34. The lowest BCUT2D eigenvalue weighted by atomic mass is 9.78. The molecule has 0 aromatic carbocycles. The lowest BCUT2D eigenvalue weighted by Crippen LogP contribution is -2.45. The van der Waals surface area contributed by atoms with Crippen LogP contribution in [0.3, 0.4) is 0 Å². The van der Waals surface area contributed by atoms with E-state index >= 15 is 0 Å². The van der Waals surface area contributed by atoms with Crippen LogP contribution in [0.4, 0.5) is 8.78 Å². The summed E-state index contributed by atoms with van der Waals surface area (Å²) in [5.74, 6) is -0.0290. The Bertz CT molecular complexity index is 541. The molecule has 0 bridgehead atoms. The Morgan fingerprint density at radius 2 is 2.12 bits per heavy atom. The van der Waals surface area contributed by atoms with Gasteiger partial charge >= 0.3 is 0 Å². The van der Waals surface area contributed by atoms with Crippen LogP contribution in [0.1, 0.15) is 53.9 Å². The van der Waals surface area contributed by atoms with Crippen molar-refractivity contribution in [2.75, 3.05) is 26.7 Å². The summed E-state index contributed by atoms with van der Waals surface area (Å²) < 4.78 is 33.9. The van der Waals surface area contributed by atoms with Gasteiger partial charge in [-0.2, -0.15) is 0 Å². The zero-order valence-corrected chi connectivity index (χ0v) is 16.5. The molecule has 2 rings (SSSR count). The molecule has 2 atom stereocenters. The van der Waals surface area contributed by atoms with E-state index in [1.54, 1.807) is 7.05 Å². The van der Waals surface area contributed by atoms with Gasteiger partial charge in [0.2, 0.25) is 0 Å². The smallest absolute Gasteiger partial charge is 0.288 e. The number of fused-ring (bicyclic) bond motifs is 1. The molecule has 2 fully saturated rings. The molecule has 2 saturated heterocycles. The molecular weight excluding hydrogens is 324 g/mol. The van der Waals surface area contributed by atoms with Gasteiger partial charge in [0.1, 0.15) is 18.6 Å². The average Bonchev–Trinajstić information content (AvgIpc) is 3.02. The molecule has 25 heavy (non-hydrogen) atoms. The largest absolute Gasteiger partial charge is 0.463 e. The normalized spacial score (nSPS) is 29.0. The Kier molecular flexibility index (Phi) is 6.13. The van der Waals surface area contributed by atoms with Crippen LogP contribution in [-0.2, 0) is 4.74 Å². The molecule has 0 radical (unpaired) electrons. The van der Waals surface area contributed by atoms with Gasteiger partial charge in [0, 0.05) is 25.4 Å². The second-order valence-electron chi connectivity index (χ2n) is 8.30. The average molecular weight is 357 g/mol. The first-order valence-corrected chi connectivity index (χ1v) is 9.25. The van der Waals surface area contributed by atoms with Crippen molar-refractivity contribution in [3.05, 3.63) is 11.5 Å². The number of hydrogen-bond acceptors (Lipinski definition) is 3. The molecule has 0 aromatic rings. The second kappa shape index (κ2) is 7.60. The van der Waals surface area contributed by atoms with E-state index in [9.17, 15) is 8.78 Å². The van der Waals surface area contributed by atoms with Crippen molar-refractivity contribution in [1.82, 2.24) is 10.2 Å². The molecule has 0 aliphatic carbocycles. The number of alkyl halides is 1. The Balaban J connectivity index is 2.07. The summed E-state index contributed by atoms with van der Waals surface area (Å²) in [6.45, 7) is 11.4. The third-order valence-corrected chi connectivity index (χ3v) is 6.11. The first-order chi connectivity index (χ1) is 11.6. The molecule has 4 nitrogen and oxygen atoms in total.